The summed E-state index contributed by atoms with van der Waals surface area (Å²) >= 11 is 1.55. The molecule has 0 bridgehead atoms. The highest BCUT2D eigenvalue weighted by molar-refractivity contribution is 7.98. The van der Waals surface area contributed by atoms with Gasteiger partial charge < -0.3 is 5.32 Å². The SMILES string of the molecule is N#CCc1ccc(NC(=O)c2ccc(CSc3ncn[nH]3)cc2)cc1. The summed E-state index contributed by atoms with van der Waals surface area (Å²) < 4.78 is 0. The molecule has 25 heavy (non-hydrogen) atoms. The molecule has 0 saturated heterocycles. The number of H-pyrrole nitrogens is 1. The van der Waals surface area contributed by atoms with E-state index in [0.29, 0.717) is 17.7 Å². The first kappa shape index (κ1) is 16.7. The minimum atomic E-state index is -0.164. The standard InChI is InChI=1S/C18H15N5OS/c19-10-9-13-3-7-16(8-4-13)22-17(24)15-5-1-14(2-6-15)11-25-18-20-12-21-23-18/h1-8,12H,9,11H2,(H,22,24)(H,20,21,23). The fourth-order valence-corrected chi connectivity index (χ4v) is 2.90. The lowest BCUT2D eigenvalue weighted by Gasteiger charge is -2.07. The number of amides is 1. The molecule has 0 unspecified atom stereocenters. The van der Waals surface area contributed by atoms with Crippen molar-refractivity contribution in [2.45, 2.75) is 17.3 Å². The second-order valence-electron chi connectivity index (χ2n) is 5.26. The Morgan fingerprint density at radius 1 is 1.12 bits per heavy atom. The second-order valence-corrected chi connectivity index (χ2v) is 6.23. The van der Waals surface area contributed by atoms with Crippen molar-refractivity contribution in [2.24, 2.45) is 0 Å². The summed E-state index contributed by atoms with van der Waals surface area (Å²) in [7, 11) is 0. The minimum Gasteiger partial charge on any atom is -0.322 e. The molecular formula is C18H15N5OS. The van der Waals surface area contributed by atoms with Crippen molar-refractivity contribution >= 4 is 23.4 Å². The van der Waals surface area contributed by atoms with Crippen molar-refractivity contribution in [2.75, 3.05) is 5.32 Å². The Hall–Kier alpha value is -3.11. The lowest BCUT2D eigenvalue weighted by Crippen LogP contribution is -2.11. The van der Waals surface area contributed by atoms with E-state index in [1.807, 2.05) is 24.3 Å². The molecule has 0 radical (unpaired) electrons. The Morgan fingerprint density at radius 3 is 2.48 bits per heavy atom. The van der Waals surface area contributed by atoms with Crippen molar-refractivity contribution in [3.63, 3.8) is 0 Å². The number of aromatic amines is 1. The van der Waals surface area contributed by atoms with E-state index in [2.05, 4.69) is 26.6 Å². The number of carbonyl (C=O) groups excluding carboxylic acids is 1. The van der Waals surface area contributed by atoms with Crippen LogP contribution in [0.2, 0.25) is 0 Å². The second kappa shape index (κ2) is 8.13. The summed E-state index contributed by atoms with van der Waals surface area (Å²) in [5, 5.41) is 18.9. The Morgan fingerprint density at radius 2 is 1.84 bits per heavy atom. The highest BCUT2D eigenvalue weighted by Gasteiger charge is 2.07. The topological polar surface area (TPSA) is 94.5 Å². The smallest absolute Gasteiger partial charge is 0.255 e. The normalized spacial score (nSPS) is 10.2. The fourth-order valence-electron chi connectivity index (χ4n) is 2.17. The summed E-state index contributed by atoms with van der Waals surface area (Å²) in [6.45, 7) is 0. The van der Waals surface area contributed by atoms with Gasteiger partial charge in [-0.15, -0.1) is 0 Å². The summed E-state index contributed by atoms with van der Waals surface area (Å²) in [5.74, 6) is 0.583. The van der Waals surface area contributed by atoms with Crippen molar-refractivity contribution in [3.8, 4) is 6.07 Å². The van der Waals surface area contributed by atoms with Crippen LogP contribution < -0.4 is 5.32 Å². The van der Waals surface area contributed by atoms with Gasteiger partial charge in [0.2, 0.25) is 0 Å². The number of nitrogens with one attached hydrogen (secondary N) is 2. The van der Waals surface area contributed by atoms with E-state index in [9.17, 15) is 4.79 Å². The highest BCUT2D eigenvalue weighted by Crippen LogP contribution is 2.19. The first-order valence-electron chi connectivity index (χ1n) is 7.59. The van der Waals surface area contributed by atoms with Crippen LogP contribution in [0.1, 0.15) is 21.5 Å². The minimum absolute atomic E-state index is 0.164. The van der Waals surface area contributed by atoms with Crippen molar-refractivity contribution < 1.29 is 4.79 Å². The maximum absolute atomic E-state index is 12.3. The van der Waals surface area contributed by atoms with Gasteiger partial charge in [-0.25, -0.2) is 4.98 Å². The van der Waals surface area contributed by atoms with Crippen LogP contribution >= 0.6 is 11.8 Å². The molecule has 1 aromatic heterocycles. The molecule has 0 spiro atoms. The van der Waals surface area contributed by atoms with Gasteiger partial charge in [0.1, 0.15) is 6.33 Å². The number of nitrogens with zero attached hydrogens (tertiary/aromatic N) is 3. The maximum Gasteiger partial charge on any atom is 0.255 e. The molecule has 6 nitrogen and oxygen atoms in total. The molecule has 0 atom stereocenters. The van der Waals surface area contributed by atoms with Crippen molar-refractivity contribution in [3.05, 3.63) is 71.5 Å². The molecular weight excluding hydrogens is 334 g/mol. The molecule has 0 saturated carbocycles. The van der Waals surface area contributed by atoms with Crippen LogP contribution in [0.4, 0.5) is 5.69 Å². The summed E-state index contributed by atoms with van der Waals surface area (Å²) in [5.41, 5.74) is 3.32. The third-order valence-electron chi connectivity index (χ3n) is 3.48. The number of carbonyl (C=O) groups is 1. The zero-order valence-electron chi connectivity index (χ0n) is 13.3. The molecule has 3 aromatic rings. The monoisotopic (exact) mass is 349 g/mol. The van der Waals surface area contributed by atoms with Crippen LogP contribution in [-0.2, 0) is 12.2 Å². The molecule has 0 aliphatic carbocycles. The Kier molecular flexibility index (Phi) is 5.44. The third kappa shape index (κ3) is 4.68. The lowest BCUT2D eigenvalue weighted by molar-refractivity contribution is 0.102. The van der Waals surface area contributed by atoms with E-state index in [0.717, 1.165) is 22.0 Å². The molecule has 3 rings (SSSR count). The Balaban J connectivity index is 1.57. The van der Waals surface area contributed by atoms with E-state index in [1.54, 1.807) is 36.0 Å². The van der Waals surface area contributed by atoms with E-state index >= 15 is 0 Å². The summed E-state index contributed by atoms with van der Waals surface area (Å²) in [4.78, 5) is 16.3. The van der Waals surface area contributed by atoms with E-state index in [4.69, 9.17) is 5.26 Å². The number of thioether (sulfide) groups is 1. The average Bonchev–Trinajstić information content (AvgIpc) is 3.16. The van der Waals surface area contributed by atoms with Crippen LogP contribution in [0.15, 0.2) is 60.0 Å². The molecule has 2 N–H and O–H groups in total. The van der Waals surface area contributed by atoms with Crippen LogP contribution in [-0.4, -0.2) is 21.1 Å². The first-order valence-corrected chi connectivity index (χ1v) is 8.57. The number of nitriles is 1. The third-order valence-corrected chi connectivity index (χ3v) is 4.43. The average molecular weight is 349 g/mol. The van der Waals surface area contributed by atoms with Crippen LogP contribution in [0.5, 0.6) is 0 Å². The van der Waals surface area contributed by atoms with Gasteiger partial charge in [-0.1, -0.05) is 36.0 Å². The van der Waals surface area contributed by atoms with E-state index < -0.39 is 0 Å². The van der Waals surface area contributed by atoms with Gasteiger partial charge in [0.15, 0.2) is 5.16 Å². The van der Waals surface area contributed by atoms with Gasteiger partial charge in [0.25, 0.3) is 5.91 Å². The number of anilines is 1. The molecule has 2 aromatic carbocycles. The molecule has 1 amide bonds. The van der Waals surface area contributed by atoms with Gasteiger partial charge in [-0.2, -0.15) is 10.4 Å². The highest BCUT2D eigenvalue weighted by atomic mass is 32.2. The fraction of sp³-hybridized carbons (Fsp3) is 0.111. The molecule has 124 valence electrons. The van der Waals surface area contributed by atoms with Gasteiger partial charge in [0, 0.05) is 17.0 Å². The first-order chi connectivity index (χ1) is 12.2. The number of hydrogen-bond donors (Lipinski definition) is 2. The number of hydrogen-bond acceptors (Lipinski definition) is 5. The predicted octanol–water partition coefficient (Wildman–Crippen LogP) is 3.42. The predicted molar refractivity (Wildman–Crippen MR) is 96.1 cm³/mol. The summed E-state index contributed by atoms with van der Waals surface area (Å²) in [6.07, 6.45) is 1.84. The van der Waals surface area contributed by atoms with Gasteiger partial charge in [-0.05, 0) is 35.4 Å². The molecule has 1 heterocycles. The van der Waals surface area contributed by atoms with Gasteiger partial charge >= 0.3 is 0 Å². The van der Waals surface area contributed by atoms with E-state index in [-0.39, 0.29) is 5.91 Å². The van der Waals surface area contributed by atoms with Crippen LogP contribution in [0, 0.1) is 11.3 Å². The summed E-state index contributed by atoms with van der Waals surface area (Å²) in [6, 6.07) is 16.8. The quantitative estimate of drug-likeness (QED) is 0.665. The van der Waals surface area contributed by atoms with E-state index in [1.165, 1.54) is 6.33 Å². The maximum atomic E-state index is 12.3. The number of benzene rings is 2. The van der Waals surface area contributed by atoms with Crippen LogP contribution in [0.25, 0.3) is 0 Å². The molecule has 7 heteroatoms. The number of rotatable bonds is 6. The molecule has 0 aliphatic rings. The molecule has 0 aliphatic heterocycles. The Labute approximate surface area is 149 Å². The van der Waals surface area contributed by atoms with Crippen molar-refractivity contribution in [1.29, 1.82) is 5.26 Å². The zero-order chi connectivity index (χ0) is 17.5. The van der Waals surface area contributed by atoms with Crippen molar-refractivity contribution in [1.82, 2.24) is 15.2 Å². The Bertz CT molecular complexity index is 867. The largest absolute Gasteiger partial charge is 0.322 e. The molecule has 0 fully saturated rings. The lowest BCUT2D eigenvalue weighted by atomic mass is 10.1. The van der Waals surface area contributed by atoms with Crippen LogP contribution in [0.3, 0.4) is 0 Å². The zero-order valence-corrected chi connectivity index (χ0v) is 14.1. The number of aromatic nitrogens is 3. The van der Waals surface area contributed by atoms with Gasteiger partial charge in [0.05, 0.1) is 12.5 Å². The van der Waals surface area contributed by atoms with Gasteiger partial charge in [-0.3, -0.25) is 9.89 Å².